The molecule has 0 radical (unpaired) electrons. The summed E-state index contributed by atoms with van der Waals surface area (Å²) in [6.07, 6.45) is 0.973. The van der Waals surface area contributed by atoms with Gasteiger partial charge in [0.1, 0.15) is 5.75 Å². The van der Waals surface area contributed by atoms with Crippen LogP contribution in [0.4, 0.5) is 5.69 Å². The Hall–Kier alpha value is -1.26. The number of anilines is 1. The Balaban J connectivity index is 2.22. The van der Waals surface area contributed by atoms with Crippen molar-refractivity contribution in [2.75, 3.05) is 45.9 Å². The number of rotatable bonds is 9. The van der Waals surface area contributed by atoms with Crippen LogP contribution < -0.4 is 10.1 Å². The van der Waals surface area contributed by atoms with Crippen molar-refractivity contribution in [3.63, 3.8) is 0 Å². The van der Waals surface area contributed by atoms with Crippen molar-refractivity contribution < 1.29 is 14.2 Å². The third kappa shape index (κ3) is 5.38. The standard InChI is InChI=1S/C14H23NO3/c1-12-5-6-13(17-3)11-14(12)15-7-4-8-18-10-9-16-2/h5-6,11,15H,4,7-10H2,1-3H3. The Morgan fingerprint density at radius 2 is 1.94 bits per heavy atom. The van der Waals surface area contributed by atoms with Gasteiger partial charge in [-0.15, -0.1) is 0 Å². The molecule has 0 aliphatic rings. The summed E-state index contributed by atoms with van der Waals surface area (Å²) in [4.78, 5) is 0. The quantitative estimate of drug-likeness (QED) is 0.686. The van der Waals surface area contributed by atoms with Crippen LogP contribution in [-0.4, -0.2) is 40.6 Å². The highest BCUT2D eigenvalue weighted by Crippen LogP contribution is 2.21. The monoisotopic (exact) mass is 253 g/mol. The molecule has 0 unspecified atom stereocenters. The average Bonchev–Trinajstić information content (AvgIpc) is 2.39. The van der Waals surface area contributed by atoms with Gasteiger partial charge < -0.3 is 19.5 Å². The highest BCUT2D eigenvalue weighted by Gasteiger charge is 1.99. The molecule has 0 aliphatic heterocycles. The second-order valence-electron chi connectivity index (χ2n) is 4.07. The van der Waals surface area contributed by atoms with Gasteiger partial charge in [0.25, 0.3) is 0 Å². The predicted molar refractivity (Wildman–Crippen MR) is 73.5 cm³/mol. The largest absolute Gasteiger partial charge is 0.497 e. The number of nitrogens with one attached hydrogen (secondary N) is 1. The van der Waals surface area contributed by atoms with Gasteiger partial charge in [-0.1, -0.05) is 6.07 Å². The molecule has 0 aliphatic carbocycles. The molecule has 1 aromatic carbocycles. The topological polar surface area (TPSA) is 39.7 Å². The van der Waals surface area contributed by atoms with Crippen LogP contribution in [0.5, 0.6) is 5.75 Å². The van der Waals surface area contributed by atoms with E-state index < -0.39 is 0 Å². The predicted octanol–water partition coefficient (Wildman–Crippen LogP) is 2.47. The zero-order valence-corrected chi connectivity index (χ0v) is 11.5. The molecule has 0 saturated heterocycles. The Morgan fingerprint density at radius 3 is 2.67 bits per heavy atom. The van der Waals surface area contributed by atoms with Crippen molar-refractivity contribution in [2.24, 2.45) is 0 Å². The van der Waals surface area contributed by atoms with E-state index in [1.54, 1.807) is 14.2 Å². The molecule has 4 heteroatoms. The Bertz CT molecular complexity index is 342. The highest BCUT2D eigenvalue weighted by molar-refractivity contribution is 5.54. The average molecular weight is 253 g/mol. The lowest BCUT2D eigenvalue weighted by atomic mass is 10.2. The van der Waals surface area contributed by atoms with E-state index >= 15 is 0 Å². The second kappa shape index (κ2) is 8.78. The lowest BCUT2D eigenvalue weighted by Gasteiger charge is -2.11. The molecule has 1 N–H and O–H groups in total. The van der Waals surface area contributed by atoms with Gasteiger partial charge in [0, 0.05) is 32.0 Å². The molecular formula is C14H23NO3. The molecule has 102 valence electrons. The Kier molecular flexibility index (Phi) is 7.22. The lowest BCUT2D eigenvalue weighted by Crippen LogP contribution is -2.09. The van der Waals surface area contributed by atoms with Crippen molar-refractivity contribution in [1.29, 1.82) is 0 Å². The van der Waals surface area contributed by atoms with Crippen molar-refractivity contribution in [2.45, 2.75) is 13.3 Å². The van der Waals surface area contributed by atoms with E-state index in [1.165, 1.54) is 5.56 Å². The summed E-state index contributed by atoms with van der Waals surface area (Å²) in [5, 5.41) is 3.39. The number of hydrogen-bond donors (Lipinski definition) is 1. The molecule has 0 amide bonds. The van der Waals surface area contributed by atoms with E-state index in [0.29, 0.717) is 13.2 Å². The van der Waals surface area contributed by atoms with Gasteiger partial charge in [-0.2, -0.15) is 0 Å². The number of ether oxygens (including phenoxy) is 3. The molecule has 1 aromatic rings. The van der Waals surface area contributed by atoms with E-state index in [2.05, 4.69) is 18.3 Å². The fourth-order valence-electron chi connectivity index (χ4n) is 1.56. The van der Waals surface area contributed by atoms with Gasteiger partial charge in [-0.25, -0.2) is 0 Å². The maximum Gasteiger partial charge on any atom is 0.120 e. The van der Waals surface area contributed by atoms with Gasteiger partial charge in [-0.3, -0.25) is 0 Å². The molecule has 0 saturated carbocycles. The number of aryl methyl sites for hydroxylation is 1. The fraction of sp³-hybridized carbons (Fsp3) is 0.571. The fourth-order valence-corrected chi connectivity index (χ4v) is 1.56. The summed E-state index contributed by atoms with van der Waals surface area (Å²) in [7, 11) is 3.36. The van der Waals surface area contributed by atoms with Gasteiger partial charge in [0.15, 0.2) is 0 Å². The van der Waals surface area contributed by atoms with Crippen molar-refractivity contribution in [3.05, 3.63) is 23.8 Å². The Labute approximate surface area is 109 Å². The molecule has 0 bridgehead atoms. The maximum absolute atomic E-state index is 5.40. The molecule has 1 rings (SSSR count). The third-order valence-corrected chi connectivity index (χ3v) is 2.66. The van der Waals surface area contributed by atoms with E-state index in [4.69, 9.17) is 14.2 Å². The van der Waals surface area contributed by atoms with Crippen LogP contribution in [0.25, 0.3) is 0 Å². The van der Waals surface area contributed by atoms with Crippen LogP contribution in [0.3, 0.4) is 0 Å². The minimum Gasteiger partial charge on any atom is -0.497 e. The van der Waals surface area contributed by atoms with Crippen LogP contribution in [0.15, 0.2) is 18.2 Å². The highest BCUT2D eigenvalue weighted by atomic mass is 16.5. The third-order valence-electron chi connectivity index (χ3n) is 2.66. The molecule has 0 atom stereocenters. The van der Waals surface area contributed by atoms with E-state index in [9.17, 15) is 0 Å². The van der Waals surface area contributed by atoms with Crippen molar-refractivity contribution >= 4 is 5.69 Å². The van der Waals surface area contributed by atoms with Crippen molar-refractivity contribution in [3.8, 4) is 5.75 Å². The maximum atomic E-state index is 5.40. The van der Waals surface area contributed by atoms with E-state index in [1.807, 2.05) is 12.1 Å². The molecule has 0 aromatic heterocycles. The number of benzene rings is 1. The molecule has 0 heterocycles. The van der Waals surface area contributed by atoms with Gasteiger partial charge in [0.05, 0.1) is 20.3 Å². The first-order chi connectivity index (χ1) is 8.77. The SMILES string of the molecule is COCCOCCCNc1cc(OC)ccc1C. The van der Waals surface area contributed by atoms with E-state index in [0.717, 1.165) is 31.0 Å². The van der Waals surface area contributed by atoms with E-state index in [-0.39, 0.29) is 0 Å². The molecule has 0 fully saturated rings. The summed E-state index contributed by atoms with van der Waals surface area (Å²) in [5.74, 6) is 0.874. The summed E-state index contributed by atoms with van der Waals surface area (Å²) >= 11 is 0. The first-order valence-corrected chi connectivity index (χ1v) is 6.23. The first kappa shape index (κ1) is 14.8. The van der Waals surface area contributed by atoms with Crippen LogP contribution in [0, 0.1) is 6.92 Å². The first-order valence-electron chi connectivity index (χ1n) is 6.23. The minimum absolute atomic E-state index is 0.655. The van der Waals surface area contributed by atoms with Crippen LogP contribution >= 0.6 is 0 Å². The molecule has 18 heavy (non-hydrogen) atoms. The summed E-state index contributed by atoms with van der Waals surface area (Å²) in [5.41, 5.74) is 2.34. The van der Waals surface area contributed by atoms with Gasteiger partial charge in [-0.05, 0) is 25.0 Å². The zero-order chi connectivity index (χ0) is 13.2. The zero-order valence-electron chi connectivity index (χ0n) is 11.5. The summed E-state index contributed by atoms with van der Waals surface area (Å²) in [6, 6.07) is 6.03. The lowest BCUT2D eigenvalue weighted by molar-refractivity contribution is 0.0705. The molecule has 4 nitrogen and oxygen atoms in total. The van der Waals surface area contributed by atoms with Gasteiger partial charge >= 0.3 is 0 Å². The van der Waals surface area contributed by atoms with Crippen LogP contribution in [0.2, 0.25) is 0 Å². The summed E-state index contributed by atoms with van der Waals surface area (Å²) < 4.78 is 15.5. The molecule has 0 spiro atoms. The number of methoxy groups -OCH3 is 2. The van der Waals surface area contributed by atoms with Crippen LogP contribution in [-0.2, 0) is 9.47 Å². The summed E-state index contributed by atoms with van der Waals surface area (Å²) in [6.45, 7) is 5.04. The normalized spacial score (nSPS) is 10.4. The van der Waals surface area contributed by atoms with Crippen LogP contribution in [0.1, 0.15) is 12.0 Å². The Morgan fingerprint density at radius 1 is 1.11 bits per heavy atom. The molecular weight excluding hydrogens is 230 g/mol. The van der Waals surface area contributed by atoms with Gasteiger partial charge in [0.2, 0.25) is 0 Å². The van der Waals surface area contributed by atoms with Crippen molar-refractivity contribution in [1.82, 2.24) is 0 Å². The number of hydrogen-bond acceptors (Lipinski definition) is 4. The second-order valence-corrected chi connectivity index (χ2v) is 4.07. The smallest absolute Gasteiger partial charge is 0.120 e. The minimum atomic E-state index is 0.655.